The molecule has 4 amide bonds. The van der Waals surface area contributed by atoms with Crippen LogP contribution in [0.15, 0.2) is 60.8 Å². The van der Waals surface area contributed by atoms with Gasteiger partial charge in [0.1, 0.15) is 28.5 Å². The molecule has 0 bridgehead atoms. The van der Waals surface area contributed by atoms with Gasteiger partial charge in [0, 0.05) is 37.1 Å². The lowest BCUT2D eigenvalue weighted by Crippen LogP contribution is -2.44. The molecular formula is C26H23F2N5O4. The molecule has 0 atom stereocenters. The second-order valence-corrected chi connectivity index (χ2v) is 8.93. The minimum absolute atomic E-state index is 0.120. The quantitative estimate of drug-likeness (QED) is 0.462. The molecule has 1 aliphatic heterocycles. The first-order valence-corrected chi connectivity index (χ1v) is 11.7. The van der Waals surface area contributed by atoms with E-state index in [0.29, 0.717) is 18.8 Å². The summed E-state index contributed by atoms with van der Waals surface area (Å²) in [6.45, 7) is 1.37. The molecule has 9 nitrogen and oxygen atoms in total. The van der Waals surface area contributed by atoms with Gasteiger partial charge in [0.15, 0.2) is 5.82 Å². The summed E-state index contributed by atoms with van der Waals surface area (Å²) in [7, 11) is 0. The van der Waals surface area contributed by atoms with Gasteiger partial charge in [0.25, 0.3) is 0 Å². The summed E-state index contributed by atoms with van der Waals surface area (Å²) in [6, 6.07) is 11.6. The molecule has 1 saturated heterocycles. The standard InChI is InChI=1S/C26H23F2N5O4/c27-16-2-4-17(5-3-16)33(24(35)26(9-10-26)23(29)34)21-7-6-18(14-20(21)28)37-19-8-11-30-22(15-19)31-25(36)32-12-1-13-32/h2-8,11,14-15H,1,9-10,12-13H2,(H2,29,34)(H,30,31,36). The SMILES string of the molecule is NC(=O)C1(C(=O)N(c2ccc(F)cc2)c2ccc(Oc3ccnc(NC(=O)N4CCC4)c3)cc2F)CC1. The number of nitrogens with two attached hydrogens (primary N) is 1. The highest BCUT2D eigenvalue weighted by atomic mass is 19.1. The van der Waals surface area contributed by atoms with E-state index < -0.39 is 28.9 Å². The fraction of sp³-hybridized carbons (Fsp3) is 0.231. The van der Waals surface area contributed by atoms with Gasteiger partial charge in [0.05, 0.1) is 5.69 Å². The van der Waals surface area contributed by atoms with Crippen molar-refractivity contribution in [1.82, 2.24) is 9.88 Å². The summed E-state index contributed by atoms with van der Waals surface area (Å²) in [5.41, 5.74) is 4.09. The molecule has 0 unspecified atom stereocenters. The average molecular weight is 507 g/mol. The fourth-order valence-corrected chi connectivity index (χ4v) is 3.98. The third-order valence-corrected chi connectivity index (χ3v) is 6.42. The Balaban J connectivity index is 1.40. The number of anilines is 3. The maximum atomic E-state index is 15.4. The number of hydrogen-bond donors (Lipinski definition) is 2. The lowest BCUT2D eigenvalue weighted by molar-refractivity contribution is -0.133. The summed E-state index contributed by atoms with van der Waals surface area (Å²) in [6.07, 6.45) is 2.90. The third-order valence-electron chi connectivity index (χ3n) is 6.42. The zero-order valence-electron chi connectivity index (χ0n) is 19.6. The van der Waals surface area contributed by atoms with Gasteiger partial charge in [0.2, 0.25) is 11.8 Å². The van der Waals surface area contributed by atoms with Crippen LogP contribution in [0.25, 0.3) is 0 Å². The van der Waals surface area contributed by atoms with Crippen LogP contribution < -0.4 is 20.7 Å². The van der Waals surface area contributed by atoms with E-state index in [1.54, 1.807) is 11.0 Å². The lowest BCUT2D eigenvalue weighted by atomic mass is 10.0. The van der Waals surface area contributed by atoms with Crippen LogP contribution in [-0.2, 0) is 9.59 Å². The van der Waals surface area contributed by atoms with Crippen LogP contribution in [-0.4, -0.2) is 40.8 Å². The molecule has 11 heteroatoms. The molecule has 0 radical (unpaired) electrons. The smallest absolute Gasteiger partial charge is 0.323 e. The van der Waals surface area contributed by atoms with Crippen molar-refractivity contribution in [3.05, 3.63) is 72.4 Å². The number of benzene rings is 2. The van der Waals surface area contributed by atoms with Crippen molar-refractivity contribution < 1.29 is 27.9 Å². The zero-order valence-corrected chi connectivity index (χ0v) is 19.6. The van der Waals surface area contributed by atoms with Crippen LogP contribution in [0, 0.1) is 17.0 Å². The molecule has 1 aliphatic carbocycles. The number of carbonyl (C=O) groups is 3. The topological polar surface area (TPSA) is 118 Å². The Hall–Kier alpha value is -4.54. The molecule has 2 fully saturated rings. The van der Waals surface area contributed by atoms with Gasteiger partial charge < -0.3 is 15.4 Å². The summed E-state index contributed by atoms with van der Waals surface area (Å²) in [4.78, 5) is 44.3. The number of primary amides is 1. The maximum Gasteiger partial charge on any atom is 0.323 e. The fourth-order valence-electron chi connectivity index (χ4n) is 3.98. The van der Waals surface area contributed by atoms with Gasteiger partial charge in [-0.1, -0.05) is 0 Å². The van der Waals surface area contributed by atoms with E-state index in [2.05, 4.69) is 10.3 Å². The van der Waals surface area contributed by atoms with Gasteiger partial charge >= 0.3 is 6.03 Å². The zero-order chi connectivity index (χ0) is 26.2. The van der Waals surface area contributed by atoms with E-state index in [1.165, 1.54) is 36.5 Å². The van der Waals surface area contributed by atoms with Gasteiger partial charge in [-0.05, 0) is 61.7 Å². The highest BCUT2D eigenvalue weighted by Gasteiger charge is 2.57. The first-order valence-electron chi connectivity index (χ1n) is 11.7. The Bertz CT molecular complexity index is 1370. The van der Waals surface area contributed by atoms with Crippen molar-refractivity contribution in [3.63, 3.8) is 0 Å². The summed E-state index contributed by atoms with van der Waals surface area (Å²) in [5, 5.41) is 2.68. The number of carbonyl (C=O) groups excluding carboxylic acids is 3. The van der Waals surface area contributed by atoms with Crippen molar-refractivity contribution in [3.8, 4) is 11.5 Å². The second kappa shape index (κ2) is 9.49. The first kappa shape index (κ1) is 24.2. The summed E-state index contributed by atoms with van der Waals surface area (Å²) in [5.74, 6) is -2.12. The minimum Gasteiger partial charge on any atom is -0.457 e. The molecule has 190 valence electrons. The van der Waals surface area contributed by atoms with Crippen molar-refractivity contribution in [2.24, 2.45) is 11.1 Å². The van der Waals surface area contributed by atoms with Crippen molar-refractivity contribution in [2.75, 3.05) is 23.3 Å². The molecule has 3 aromatic rings. The molecule has 0 spiro atoms. The van der Waals surface area contributed by atoms with E-state index in [9.17, 15) is 18.8 Å². The van der Waals surface area contributed by atoms with Gasteiger partial charge in [-0.25, -0.2) is 18.6 Å². The van der Waals surface area contributed by atoms with E-state index in [0.717, 1.165) is 29.5 Å². The van der Waals surface area contributed by atoms with Gasteiger partial charge in [-0.2, -0.15) is 0 Å². The molecule has 5 rings (SSSR count). The highest BCUT2D eigenvalue weighted by molar-refractivity contribution is 6.16. The first-order chi connectivity index (χ1) is 17.8. The summed E-state index contributed by atoms with van der Waals surface area (Å²) < 4.78 is 34.7. The van der Waals surface area contributed by atoms with Gasteiger partial charge in [-0.3, -0.25) is 19.8 Å². The van der Waals surface area contributed by atoms with E-state index in [-0.39, 0.29) is 41.8 Å². The highest BCUT2D eigenvalue weighted by Crippen LogP contribution is 2.49. The van der Waals surface area contributed by atoms with Crippen molar-refractivity contribution >= 4 is 35.0 Å². The number of pyridine rings is 1. The number of hydrogen-bond acceptors (Lipinski definition) is 5. The number of likely N-dealkylation sites (tertiary alicyclic amines) is 1. The van der Waals surface area contributed by atoms with Crippen molar-refractivity contribution in [1.29, 1.82) is 0 Å². The van der Waals surface area contributed by atoms with Crippen LogP contribution in [0.2, 0.25) is 0 Å². The largest absolute Gasteiger partial charge is 0.457 e. The van der Waals surface area contributed by atoms with Crippen LogP contribution in [0.3, 0.4) is 0 Å². The van der Waals surface area contributed by atoms with E-state index >= 15 is 4.39 Å². The molecule has 1 saturated carbocycles. The van der Waals surface area contributed by atoms with Gasteiger partial charge in [-0.15, -0.1) is 0 Å². The number of urea groups is 1. The minimum atomic E-state index is -1.43. The third kappa shape index (κ3) is 4.80. The van der Waals surface area contributed by atoms with E-state index in [1.807, 2.05) is 0 Å². The number of nitrogens with zero attached hydrogens (tertiary/aromatic N) is 3. The molecular weight excluding hydrogens is 484 g/mol. The monoisotopic (exact) mass is 507 g/mol. The number of ether oxygens (including phenoxy) is 1. The Morgan fingerprint density at radius 2 is 1.70 bits per heavy atom. The Labute approximate surface area is 210 Å². The van der Waals surface area contributed by atoms with E-state index in [4.69, 9.17) is 10.5 Å². The molecule has 1 aromatic heterocycles. The van der Waals surface area contributed by atoms with Crippen LogP contribution in [0.1, 0.15) is 19.3 Å². The normalized spacial score (nSPS) is 15.4. The lowest BCUT2D eigenvalue weighted by Gasteiger charge is -2.30. The van der Waals surface area contributed by atoms with Crippen LogP contribution in [0.5, 0.6) is 11.5 Å². The molecule has 3 N–H and O–H groups in total. The average Bonchev–Trinajstić information content (AvgIpc) is 3.63. The molecule has 2 aromatic carbocycles. The Morgan fingerprint density at radius 3 is 2.30 bits per heavy atom. The molecule has 2 heterocycles. The maximum absolute atomic E-state index is 15.4. The van der Waals surface area contributed by atoms with Crippen molar-refractivity contribution in [2.45, 2.75) is 19.3 Å². The predicted molar refractivity (Wildman–Crippen MR) is 130 cm³/mol. The number of amides is 4. The second-order valence-electron chi connectivity index (χ2n) is 8.93. The summed E-state index contributed by atoms with van der Waals surface area (Å²) >= 11 is 0. The van der Waals surface area contributed by atoms with Crippen LogP contribution in [0.4, 0.5) is 30.8 Å². The molecule has 2 aliphatic rings. The number of rotatable bonds is 7. The Morgan fingerprint density at radius 1 is 1.00 bits per heavy atom. The van der Waals surface area contributed by atoms with Crippen LogP contribution >= 0.6 is 0 Å². The Kier molecular flexibility index (Phi) is 6.20. The number of aromatic nitrogens is 1. The number of nitrogens with one attached hydrogen (secondary N) is 1. The number of halogens is 2. The molecule has 37 heavy (non-hydrogen) atoms. The predicted octanol–water partition coefficient (Wildman–Crippen LogP) is 4.32.